The summed E-state index contributed by atoms with van der Waals surface area (Å²) in [6.07, 6.45) is -4.93. The summed E-state index contributed by atoms with van der Waals surface area (Å²) in [5.41, 5.74) is -0.0502. The average molecular weight is 462 g/mol. The number of ether oxygens (including phenoxy) is 1. The first-order valence-corrected chi connectivity index (χ1v) is 10.2. The van der Waals surface area contributed by atoms with Crippen molar-refractivity contribution in [3.8, 4) is 5.75 Å². The van der Waals surface area contributed by atoms with Crippen molar-refractivity contribution in [1.29, 1.82) is 0 Å². The Balaban J connectivity index is 1.85. The molecular weight excluding hydrogens is 445 g/mol. The normalized spacial score (nSPS) is 18.1. The van der Waals surface area contributed by atoms with Crippen LogP contribution in [-0.4, -0.2) is 66.0 Å². The number of H-pyrrole nitrogens is 1. The minimum Gasteiger partial charge on any atom is -0.480 e. The maximum Gasteiger partial charge on any atom is 0.573 e. The monoisotopic (exact) mass is 462 g/mol. The van der Waals surface area contributed by atoms with Crippen molar-refractivity contribution in [3.05, 3.63) is 46.2 Å². The molecular formula is C17H17F3N4O6S. The smallest absolute Gasteiger partial charge is 0.480 e. The predicted molar refractivity (Wildman–Crippen MR) is 100 cm³/mol. The molecule has 1 aromatic carbocycles. The van der Waals surface area contributed by atoms with Gasteiger partial charge in [-0.15, -0.1) is 13.2 Å². The highest BCUT2D eigenvalue weighted by molar-refractivity contribution is 7.89. The Bertz CT molecular complexity index is 1130. The molecule has 0 spiro atoms. The van der Waals surface area contributed by atoms with Crippen molar-refractivity contribution in [3.63, 3.8) is 0 Å². The molecule has 0 aliphatic carbocycles. The summed E-state index contributed by atoms with van der Waals surface area (Å²) >= 11 is 0. The van der Waals surface area contributed by atoms with Crippen LogP contribution in [0.4, 0.5) is 19.0 Å². The Morgan fingerprint density at radius 3 is 2.45 bits per heavy atom. The minimum absolute atomic E-state index is 0.0801. The van der Waals surface area contributed by atoms with E-state index in [2.05, 4.69) is 14.9 Å². The van der Waals surface area contributed by atoms with Crippen LogP contribution in [0.1, 0.15) is 5.56 Å². The molecule has 0 radical (unpaired) electrons. The summed E-state index contributed by atoms with van der Waals surface area (Å²) in [6.45, 7) is 1.16. The van der Waals surface area contributed by atoms with Gasteiger partial charge in [-0.3, -0.25) is 9.59 Å². The van der Waals surface area contributed by atoms with E-state index in [4.69, 9.17) is 0 Å². The van der Waals surface area contributed by atoms with E-state index in [0.29, 0.717) is 5.56 Å². The Hall–Kier alpha value is -3.13. The van der Waals surface area contributed by atoms with Gasteiger partial charge in [-0.25, -0.2) is 13.5 Å². The van der Waals surface area contributed by atoms with E-state index in [9.17, 15) is 36.3 Å². The Labute approximate surface area is 173 Å². The minimum atomic E-state index is -4.93. The van der Waals surface area contributed by atoms with E-state index in [0.717, 1.165) is 28.6 Å². The summed E-state index contributed by atoms with van der Waals surface area (Å²) in [4.78, 5) is 24.4. The van der Waals surface area contributed by atoms with Crippen molar-refractivity contribution in [1.82, 2.24) is 14.5 Å². The fraction of sp³-hybridized carbons (Fsp3) is 0.353. The number of carboxylic acids is 1. The third-order valence-corrected chi connectivity index (χ3v) is 6.50. The molecule has 14 heteroatoms. The van der Waals surface area contributed by atoms with Gasteiger partial charge in [-0.05, 0) is 37.3 Å². The second-order valence-electron chi connectivity index (χ2n) is 6.67. The van der Waals surface area contributed by atoms with Gasteiger partial charge in [-0.2, -0.15) is 9.40 Å². The number of alkyl halides is 3. The van der Waals surface area contributed by atoms with Crippen molar-refractivity contribution < 1.29 is 36.2 Å². The van der Waals surface area contributed by atoms with E-state index in [1.165, 1.54) is 11.0 Å². The number of aromatic amines is 1. The number of piperazine rings is 1. The number of nitrogens with one attached hydrogen (secondary N) is 1. The van der Waals surface area contributed by atoms with Gasteiger partial charge in [0, 0.05) is 25.2 Å². The summed E-state index contributed by atoms with van der Waals surface area (Å²) in [5.74, 6) is -1.73. The number of sulfonamides is 1. The van der Waals surface area contributed by atoms with Gasteiger partial charge in [0.2, 0.25) is 10.0 Å². The fourth-order valence-electron chi connectivity index (χ4n) is 3.06. The predicted octanol–water partition coefficient (Wildman–Crippen LogP) is 0.941. The number of hydrogen-bond donors (Lipinski definition) is 2. The second kappa shape index (κ2) is 8.19. The third kappa shape index (κ3) is 4.96. The van der Waals surface area contributed by atoms with Gasteiger partial charge < -0.3 is 14.7 Å². The number of carbonyl (C=O) groups is 1. The fourth-order valence-corrected chi connectivity index (χ4v) is 4.63. The number of halogens is 3. The van der Waals surface area contributed by atoms with Crippen LogP contribution in [0, 0.1) is 6.92 Å². The molecule has 3 rings (SSSR count). The van der Waals surface area contributed by atoms with Crippen LogP contribution in [0.25, 0.3) is 0 Å². The lowest BCUT2D eigenvalue weighted by Gasteiger charge is -2.38. The van der Waals surface area contributed by atoms with E-state index in [-0.39, 0.29) is 30.3 Å². The van der Waals surface area contributed by atoms with Gasteiger partial charge in [-0.1, -0.05) is 0 Å². The zero-order chi connectivity index (χ0) is 23.0. The molecule has 2 aromatic rings. The lowest BCUT2D eigenvalue weighted by molar-refractivity contribution is -0.274. The van der Waals surface area contributed by atoms with Crippen LogP contribution in [0.2, 0.25) is 0 Å². The molecule has 2 heterocycles. The Morgan fingerprint density at radius 1 is 1.26 bits per heavy atom. The zero-order valence-corrected chi connectivity index (χ0v) is 16.8. The van der Waals surface area contributed by atoms with Crippen LogP contribution in [0.15, 0.2) is 40.0 Å². The molecule has 0 saturated carbocycles. The number of carboxylic acid groups (broad SMARTS) is 1. The lowest BCUT2D eigenvalue weighted by Crippen LogP contribution is -2.58. The van der Waals surface area contributed by atoms with Crippen molar-refractivity contribution in [2.45, 2.75) is 24.2 Å². The number of anilines is 1. The molecule has 1 aliphatic rings. The first kappa shape index (κ1) is 22.6. The third-order valence-electron chi connectivity index (χ3n) is 4.58. The van der Waals surface area contributed by atoms with E-state index < -0.39 is 39.7 Å². The highest BCUT2D eigenvalue weighted by Crippen LogP contribution is 2.27. The van der Waals surface area contributed by atoms with Crippen LogP contribution >= 0.6 is 0 Å². The quantitative estimate of drug-likeness (QED) is 0.671. The summed E-state index contributed by atoms with van der Waals surface area (Å²) in [7, 11) is -4.33. The van der Waals surface area contributed by atoms with Crippen LogP contribution in [0.3, 0.4) is 0 Å². The van der Waals surface area contributed by atoms with Crippen LogP contribution in [0.5, 0.6) is 5.75 Å². The molecule has 1 saturated heterocycles. The van der Waals surface area contributed by atoms with Gasteiger partial charge in [0.1, 0.15) is 17.6 Å². The lowest BCUT2D eigenvalue weighted by atomic mass is 10.2. The van der Waals surface area contributed by atoms with E-state index >= 15 is 0 Å². The van der Waals surface area contributed by atoms with Crippen molar-refractivity contribution in [2.75, 3.05) is 24.5 Å². The number of aromatic nitrogens is 2. The molecule has 1 atom stereocenters. The summed E-state index contributed by atoms with van der Waals surface area (Å²) in [6, 6.07) is 3.46. The molecule has 2 N–H and O–H groups in total. The Kier molecular flexibility index (Phi) is 5.96. The molecule has 0 amide bonds. The highest BCUT2D eigenvalue weighted by Gasteiger charge is 2.41. The molecule has 1 aliphatic heterocycles. The molecule has 0 unspecified atom stereocenters. The van der Waals surface area contributed by atoms with Crippen LogP contribution in [-0.2, 0) is 14.8 Å². The standard InChI is InChI=1S/C17H17F3N4O6S/c1-10-8-14(21-22-15(10)25)23-6-7-24(13(9-23)16(26)27)31(28,29)12-4-2-11(3-5-12)30-17(18,19)20/h2-5,8,13H,6-7,9H2,1H3,(H,22,25)(H,26,27)/t13-/m1/s1. The van der Waals surface area contributed by atoms with Crippen molar-refractivity contribution >= 4 is 21.8 Å². The number of rotatable bonds is 5. The maximum absolute atomic E-state index is 13.0. The molecule has 1 fully saturated rings. The number of benzene rings is 1. The maximum atomic E-state index is 13.0. The largest absolute Gasteiger partial charge is 0.573 e. The van der Waals surface area contributed by atoms with Gasteiger partial charge in [0.15, 0.2) is 0 Å². The van der Waals surface area contributed by atoms with Gasteiger partial charge in [0.25, 0.3) is 5.56 Å². The van der Waals surface area contributed by atoms with Gasteiger partial charge >= 0.3 is 12.3 Å². The number of aliphatic carboxylic acids is 1. The highest BCUT2D eigenvalue weighted by atomic mass is 32.2. The number of hydrogen-bond acceptors (Lipinski definition) is 7. The van der Waals surface area contributed by atoms with Crippen molar-refractivity contribution in [2.24, 2.45) is 0 Å². The number of nitrogens with zero attached hydrogens (tertiary/aromatic N) is 3. The first-order chi connectivity index (χ1) is 14.4. The zero-order valence-electron chi connectivity index (χ0n) is 16.0. The molecule has 1 aromatic heterocycles. The number of aryl methyl sites for hydroxylation is 1. The summed E-state index contributed by atoms with van der Waals surface area (Å²) < 4.78 is 67.3. The Morgan fingerprint density at radius 2 is 1.90 bits per heavy atom. The van der Waals surface area contributed by atoms with E-state index in [1.54, 1.807) is 6.92 Å². The van der Waals surface area contributed by atoms with Gasteiger partial charge in [0.05, 0.1) is 4.90 Å². The average Bonchev–Trinajstić information content (AvgIpc) is 2.68. The van der Waals surface area contributed by atoms with E-state index in [1.807, 2.05) is 0 Å². The topological polar surface area (TPSA) is 133 Å². The van der Waals surface area contributed by atoms with Crippen LogP contribution < -0.4 is 15.2 Å². The molecule has 0 bridgehead atoms. The molecule has 168 valence electrons. The second-order valence-corrected chi connectivity index (χ2v) is 8.56. The SMILES string of the molecule is Cc1cc(N2CCN(S(=O)(=O)c3ccc(OC(F)(F)F)cc3)[C@@H](C(=O)O)C2)n[nH]c1=O. The molecule has 10 nitrogen and oxygen atoms in total. The molecule has 31 heavy (non-hydrogen) atoms. The summed E-state index contributed by atoms with van der Waals surface area (Å²) in [5, 5.41) is 15.7. The first-order valence-electron chi connectivity index (χ1n) is 8.80.